The smallest absolute Gasteiger partial charge is 0.243 e. The van der Waals surface area contributed by atoms with Crippen LogP contribution < -0.4 is 5.73 Å². The van der Waals surface area contributed by atoms with Crippen molar-refractivity contribution >= 4 is 27.3 Å². The van der Waals surface area contributed by atoms with E-state index < -0.39 is 10.0 Å². The number of hydrogen-bond donors (Lipinski definition) is 1. The number of ether oxygens (including phenoxy) is 1. The minimum absolute atomic E-state index is 0.146. The van der Waals surface area contributed by atoms with Crippen molar-refractivity contribution in [2.24, 2.45) is 0 Å². The second kappa shape index (κ2) is 7.09. The fraction of sp³-hybridized carbons (Fsp3) is 0.500. The van der Waals surface area contributed by atoms with Crippen LogP contribution in [0.5, 0.6) is 0 Å². The molecule has 0 aliphatic rings. The van der Waals surface area contributed by atoms with Gasteiger partial charge in [0, 0.05) is 19.7 Å². The first-order valence-electron chi connectivity index (χ1n) is 6.06. The van der Waals surface area contributed by atoms with E-state index in [0.29, 0.717) is 31.3 Å². The lowest BCUT2D eigenvalue weighted by Crippen LogP contribution is -2.34. The number of sulfonamides is 1. The molecule has 0 unspecified atom stereocenters. The van der Waals surface area contributed by atoms with Gasteiger partial charge in [-0.1, -0.05) is 18.5 Å². The molecule has 0 amide bonds. The summed E-state index contributed by atoms with van der Waals surface area (Å²) in [6.45, 7) is 5.26. The Balaban J connectivity index is 2.96. The van der Waals surface area contributed by atoms with Crippen LogP contribution in [-0.2, 0) is 14.8 Å². The third-order valence-corrected chi connectivity index (χ3v) is 4.96. The van der Waals surface area contributed by atoms with Gasteiger partial charge in [-0.25, -0.2) is 8.42 Å². The average molecular weight is 307 g/mol. The maximum atomic E-state index is 12.4. The van der Waals surface area contributed by atoms with Crippen LogP contribution in [0.2, 0.25) is 5.02 Å². The van der Waals surface area contributed by atoms with Crippen molar-refractivity contribution in [1.82, 2.24) is 4.31 Å². The quantitative estimate of drug-likeness (QED) is 0.617. The summed E-state index contributed by atoms with van der Waals surface area (Å²) < 4.78 is 31.3. The van der Waals surface area contributed by atoms with Crippen LogP contribution in [0.4, 0.5) is 5.69 Å². The Morgan fingerprint density at radius 1 is 1.37 bits per heavy atom. The number of benzene rings is 1. The molecule has 1 aromatic rings. The average Bonchev–Trinajstić information content (AvgIpc) is 2.37. The highest BCUT2D eigenvalue weighted by Crippen LogP contribution is 2.24. The monoisotopic (exact) mass is 306 g/mol. The van der Waals surface area contributed by atoms with Gasteiger partial charge in [-0.05, 0) is 25.1 Å². The van der Waals surface area contributed by atoms with Gasteiger partial charge < -0.3 is 10.5 Å². The molecule has 108 valence electrons. The van der Waals surface area contributed by atoms with Crippen LogP contribution >= 0.6 is 11.6 Å². The third kappa shape index (κ3) is 4.07. The van der Waals surface area contributed by atoms with Gasteiger partial charge in [-0.3, -0.25) is 0 Å². The standard InChI is InChI=1S/C12H19ClN2O3S/c1-3-15(7-8-18-4-2)19(16,17)10-5-6-11(13)12(14)9-10/h5-6,9H,3-4,7-8,14H2,1-2H3. The maximum Gasteiger partial charge on any atom is 0.243 e. The number of likely N-dealkylation sites (N-methyl/N-ethyl adjacent to an activating group) is 1. The Morgan fingerprint density at radius 3 is 2.58 bits per heavy atom. The largest absolute Gasteiger partial charge is 0.397 e. The molecule has 7 heteroatoms. The second-order valence-electron chi connectivity index (χ2n) is 3.88. The lowest BCUT2D eigenvalue weighted by atomic mass is 10.3. The zero-order valence-corrected chi connectivity index (χ0v) is 12.7. The fourth-order valence-corrected chi connectivity index (χ4v) is 3.18. The van der Waals surface area contributed by atoms with Gasteiger partial charge in [0.05, 0.1) is 22.2 Å². The minimum Gasteiger partial charge on any atom is -0.397 e. The molecule has 19 heavy (non-hydrogen) atoms. The molecule has 2 N–H and O–H groups in total. The zero-order chi connectivity index (χ0) is 14.5. The van der Waals surface area contributed by atoms with Crippen LogP contribution in [-0.4, -0.2) is 39.0 Å². The van der Waals surface area contributed by atoms with Crippen LogP contribution in [0.1, 0.15) is 13.8 Å². The van der Waals surface area contributed by atoms with Crippen LogP contribution in [0.25, 0.3) is 0 Å². The van der Waals surface area contributed by atoms with E-state index >= 15 is 0 Å². The predicted molar refractivity (Wildman–Crippen MR) is 76.8 cm³/mol. The Bertz CT molecular complexity index is 520. The van der Waals surface area contributed by atoms with Crippen LogP contribution in [0.3, 0.4) is 0 Å². The number of nitrogen functional groups attached to an aromatic ring is 1. The van der Waals surface area contributed by atoms with Gasteiger partial charge in [0.25, 0.3) is 0 Å². The number of anilines is 1. The first-order chi connectivity index (χ1) is 8.93. The van der Waals surface area contributed by atoms with E-state index in [-0.39, 0.29) is 10.6 Å². The first-order valence-corrected chi connectivity index (χ1v) is 7.88. The normalized spacial score (nSPS) is 12.0. The van der Waals surface area contributed by atoms with Gasteiger partial charge in [0.1, 0.15) is 0 Å². The van der Waals surface area contributed by atoms with Crippen molar-refractivity contribution < 1.29 is 13.2 Å². The number of hydrogen-bond acceptors (Lipinski definition) is 4. The molecule has 0 spiro atoms. The molecule has 0 bridgehead atoms. The van der Waals surface area contributed by atoms with Crippen molar-refractivity contribution in [2.75, 3.05) is 32.0 Å². The van der Waals surface area contributed by atoms with Gasteiger partial charge >= 0.3 is 0 Å². The second-order valence-corrected chi connectivity index (χ2v) is 6.22. The molecular weight excluding hydrogens is 288 g/mol. The molecule has 0 aliphatic carbocycles. The van der Waals surface area contributed by atoms with E-state index in [1.807, 2.05) is 6.92 Å². The molecule has 1 aromatic carbocycles. The molecule has 5 nitrogen and oxygen atoms in total. The Labute approximate surface area is 119 Å². The van der Waals surface area contributed by atoms with Crippen molar-refractivity contribution in [2.45, 2.75) is 18.7 Å². The first kappa shape index (κ1) is 16.2. The van der Waals surface area contributed by atoms with E-state index in [0.717, 1.165) is 0 Å². The predicted octanol–water partition coefficient (Wildman–Crippen LogP) is 1.97. The van der Waals surface area contributed by atoms with Crippen LogP contribution in [0, 0.1) is 0 Å². The van der Waals surface area contributed by atoms with E-state index in [1.165, 1.54) is 22.5 Å². The lowest BCUT2D eigenvalue weighted by molar-refractivity contribution is 0.135. The molecule has 0 aromatic heterocycles. The summed E-state index contributed by atoms with van der Waals surface area (Å²) in [6, 6.07) is 4.32. The third-order valence-electron chi connectivity index (χ3n) is 2.65. The van der Waals surface area contributed by atoms with Gasteiger partial charge in [0.15, 0.2) is 0 Å². The summed E-state index contributed by atoms with van der Waals surface area (Å²) in [7, 11) is -3.56. The molecule has 0 heterocycles. The summed E-state index contributed by atoms with van der Waals surface area (Å²) in [5.74, 6) is 0. The minimum atomic E-state index is -3.56. The van der Waals surface area contributed by atoms with Crippen molar-refractivity contribution in [3.05, 3.63) is 23.2 Å². The maximum absolute atomic E-state index is 12.4. The fourth-order valence-electron chi connectivity index (χ4n) is 1.59. The van der Waals surface area contributed by atoms with Gasteiger partial charge in [-0.2, -0.15) is 4.31 Å². The number of rotatable bonds is 7. The SMILES string of the molecule is CCOCCN(CC)S(=O)(=O)c1ccc(Cl)c(N)c1. The molecule has 0 aliphatic heterocycles. The lowest BCUT2D eigenvalue weighted by Gasteiger charge is -2.20. The van der Waals surface area contributed by atoms with Gasteiger partial charge in [0.2, 0.25) is 10.0 Å². The Kier molecular flexibility index (Phi) is 6.06. The topological polar surface area (TPSA) is 72.6 Å². The summed E-state index contributed by atoms with van der Waals surface area (Å²) in [6.07, 6.45) is 0. The van der Waals surface area contributed by atoms with Crippen molar-refractivity contribution in [3.63, 3.8) is 0 Å². The molecule has 0 fully saturated rings. The van der Waals surface area contributed by atoms with E-state index in [9.17, 15) is 8.42 Å². The van der Waals surface area contributed by atoms with Crippen LogP contribution in [0.15, 0.2) is 23.1 Å². The summed E-state index contributed by atoms with van der Waals surface area (Å²) >= 11 is 5.79. The summed E-state index contributed by atoms with van der Waals surface area (Å²) in [4.78, 5) is 0.146. The molecule has 0 saturated heterocycles. The highest BCUT2D eigenvalue weighted by molar-refractivity contribution is 7.89. The summed E-state index contributed by atoms with van der Waals surface area (Å²) in [5.41, 5.74) is 5.89. The highest BCUT2D eigenvalue weighted by atomic mass is 35.5. The van der Waals surface area contributed by atoms with Gasteiger partial charge in [-0.15, -0.1) is 0 Å². The van der Waals surface area contributed by atoms with E-state index in [2.05, 4.69) is 0 Å². The molecular formula is C12H19ClN2O3S. The Hall–Kier alpha value is -0.820. The Morgan fingerprint density at radius 2 is 2.05 bits per heavy atom. The zero-order valence-electron chi connectivity index (χ0n) is 11.1. The van der Waals surface area contributed by atoms with E-state index in [4.69, 9.17) is 22.1 Å². The number of nitrogens with two attached hydrogens (primary N) is 1. The molecule has 0 saturated carbocycles. The molecule has 1 rings (SSSR count). The molecule has 0 radical (unpaired) electrons. The van der Waals surface area contributed by atoms with E-state index in [1.54, 1.807) is 6.92 Å². The molecule has 0 atom stereocenters. The summed E-state index contributed by atoms with van der Waals surface area (Å²) in [5, 5.41) is 0.344. The van der Waals surface area contributed by atoms with Crippen molar-refractivity contribution in [3.8, 4) is 0 Å². The van der Waals surface area contributed by atoms with Crippen molar-refractivity contribution in [1.29, 1.82) is 0 Å². The number of halogens is 1. The highest BCUT2D eigenvalue weighted by Gasteiger charge is 2.23. The number of nitrogens with zero attached hydrogens (tertiary/aromatic N) is 1.